The first-order chi connectivity index (χ1) is 9.70. The number of aromatic amines is 1. The van der Waals surface area contributed by atoms with Gasteiger partial charge in [0.05, 0.1) is 11.6 Å². The normalized spacial score (nSPS) is 10.5. The SMILES string of the molecule is CCCNc1nc(NCCNC(C)=O)c2cn[nH]c2n1. The zero-order valence-electron chi connectivity index (χ0n) is 11.7. The minimum absolute atomic E-state index is 0.0479. The molecule has 8 heteroatoms. The molecule has 4 N–H and O–H groups in total. The summed E-state index contributed by atoms with van der Waals surface area (Å²) in [5.41, 5.74) is 0.681. The van der Waals surface area contributed by atoms with Crippen LogP contribution in [0.3, 0.4) is 0 Å². The van der Waals surface area contributed by atoms with Crippen LogP contribution in [-0.2, 0) is 4.79 Å². The molecule has 1 amide bonds. The second-order valence-corrected chi connectivity index (χ2v) is 4.36. The maximum Gasteiger partial charge on any atom is 0.226 e. The number of hydrogen-bond acceptors (Lipinski definition) is 6. The third-order valence-electron chi connectivity index (χ3n) is 2.63. The first kappa shape index (κ1) is 14.0. The summed E-state index contributed by atoms with van der Waals surface area (Å²) in [5.74, 6) is 1.21. The summed E-state index contributed by atoms with van der Waals surface area (Å²) in [5, 5.41) is 16.7. The Hall–Kier alpha value is -2.38. The summed E-state index contributed by atoms with van der Waals surface area (Å²) in [6, 6.07) is 0. The molecule has 0 aliphatic heterocycles. The van der Waals surface area contributed by atoms with E-state index in [0.717, 1.165) is 18.4 Å². The largest absolute Gasteiger partial charge is 0.368 e. The minimum atomic E-state index is -0.0479. The number of anilines is 2. The van der Waals surface area contributed by atoms with E-state index in [0.29, 0.717) is 30.5 Å². The lowest BCUT2D eigenvalue weighted by atomic mass is 10.4. The predicted octanol–water partition coefficient (Wildman–Crippen LogP) is 0.723. The van der Waals surface area contributed by atoms with Crippen molar-refractivity contribution in [1.29, 1.82) is 0 Å². The summed E-state index contributed by atoms with van der Waals surface area (Å²) < 4.78 is 0. The standard InChI is InChI=1S/C12H19N7O/c1-3-4-15-12-17-10(14-6-5-13-8(2)20)9-7-16-19-11(9)18-12/h7H,3-6H2,1-2H3,(H,13,20)(H3,14,15,16,17,18,19). The minimum Gasteiger partial charge on any atom is -0.368 e. The maximum atomic E-state index is 10.8. The molecule has 0 spiro atoms. The number of hydrogen-bond donors (Lipinski definition) is 4. The molecule has 0 fully saturated rings. The molecule has 0 aromatic carbocycles. The van der Waals surface area contributed by atoms with E-state index in [1.54, 1.807) is 6.20 Å². The lowest BCUT2D eigenvalue weighted by Gasteiger charge is -2.09. The van der Waals surface area contributed by atoms with E-state index in [9.17, 15) is 4.79 Å². The van der Waals surface area contributed by atoms with Gasteiger partial charge in [0.15, 0.2) is 5.65 Å². The molecular formula is C12H19N7O. The van der Waals surface area contributed by atoms with Gasteiger partial charge < -0.3 is 16.0 Å². The van der Waals surface area contributed by atoms with Crippen molar-refractivity contribution in [3.8, 4) is 0 Å². The van der Waals surface area contributed by atoms with Gasteiger partial charge in [-0.2, -0.15) is 15.1 Å². The molecule has 0 atom stereocenters. The highest BCUT2D eigenvalue weighted by atomic mass is 16.1. The zero-order chi connectivity index (χ0) is 14.4. The smallest absolute Gasteiger partial charge is 0.226 e. The lowest BCUT2D eigenvalue weighted by Crippen LogP contribution is -2.26. The van der Waals surface area contributed by atoms with E-state index in [1.165, 1.54) is 6.92 Å². The van der Waals surface area contributed by atoms with E-state index in [1.807, 2.05) is 0 Å². The Balaban J connectivity index is 2.08. The quantitative estimate of drug-likeness (QED) is 0.556. The fraction of sp³-hybridized carbons (Fsp3) is 0.500. The van der Waals surface area contributed by atoms with Crippen LogP contribution in [0.4, 0.5) is 11.8 Å². The van der Waals surface area contributed by atoms with Crippen molar-refractivity contribution in [3.05, 3.63) is 6.20 Å². The third-order valence-corrected chi connectivity index (χ3v) is 2.63. The molecule has 2 aromatic rings. The number of H-pyrrole nitrogens is 1. The molecule has 108 valence electrons. The van der Waals surface area contributed by atoms with Crippen molar-refractivity contribution in [2.24, 2.45) is 0 Å². The molecule has 0 radical (unpaired) electrons. The van der Waals surface area contributed by atoms with Crippen molar-refractivity contribution >= 4 is 28.7 Å². The fourth-order valence-electron chi connectivity index (χ4n) is 1.70. The molecule has 2 aromatic heterocycles. The number of amides is 1. The summed E-state index contributed by atoms with van der Waals surface area (Å²) in [6.45, 7) is 5.51. The highest BCUT2D eigenvalue weighted by molar-refractivity contribution is 5.87. The number of carbonyl (C=O) groups is 1. The number of aromatic nitrogens is 4. The van der Waals surface area contributed by atoms with E-state index in [4.69, 9.17) is 0 Å². The summed E-state index contributed by atoms with van der Waals surface area (Å²) in [6.07, 6.45) is 2.68. The Morgan fingerprint density at radius 1 is 1.25 bits per heavy atom. The van der Waals surface area contributed by atoms with Gasteiger partial charge in [0.2, 0.25) is 11.9 Å². The van der Waals surface area contributed by atoms with Gasteiger partial charge in [-0.3, -0.25) is 9.89 Å². The van der Waals surface area contributed by atoms with Crippen LogP contribution in [-0.4, -0.2) is 45.7 Å². The Morgan fingerprint density at radius 2 is 2.10 bits per heavy atom. The van der Waals surface area contributed by atoms with Gasteiger partial charge in [-0.1, -0.05) is 6.92 Å². The van der Waals surface area contributed by atoms with Gasteiger partial charge in [0.25, 0.3) is 0 Å². The molecule has 20 heavy (non-hydrogen) atoms. The zero-order valence-corrected chi connectivity index (χ0v) is 11.7. The van der Waals surface area contributed by atoms with Gasteiger partial charge in [-0.05, 0) is 6.42 Å². The second-order valence-electron chi connectivity index (χ2n) is 4.36. The van der Waals surface area contributed by atoms with Crippen LogP contribution < -0.4 is 16.0 Å². The van der Waals surface area contributed by atoms with E-state index < -0.39 is 0 Å². The van der Waals surface area contributed by atoms with Crippen LogP contribution >= 0.6 is 0 Å². The topological polar surface area (TPSA) is 108 Å². The van der Waals surface area contributed by atoms with Crippen molar-refractivity contribution in [2.45, 2.75) is 20.3 Å². The Morgan fingerprint density at radius 3 is 2.85 bits per heavy atom. The summed E-state index contributed by atoms with van der Waals surface area (Å²) in [4.78, 5) is 19.6. The molecule has 0 saturated carbocycles. The highest BCUT2D eigenvalue weighted by Gasteiger charge is 2.08. The number of nitrogens with one attached hydrogen (secondary N) is 4. The van der Waals surface area contributed by atoms with Crippen LogP contribution in [0.25, 0.3) is 11.0 Å². The van der Waals surface area contributed by atoms with Crippen molar-refractivity contribution < 1.29 is 4.79 Å². The average Bonchev–Trinajstić information content (AvgIpc) is 2.89. The van der Waals surface area contributed by atoms with Gasteiger partial charge in [-0.15, -0.1) is 0 Å². The number of carbonyl (C=O) groups excluding carboxylic acids is 1. The third kappa shape index (κ3) is 3.56. The Labute approximate surface area is 116 Å². The number of fused-ring (bicyclic) bond motifs is 1. The molecule has 0 aliphatic rings. The fourth-order valence-corrected chi connectivity index (χ4v) is 1.70. The van der Waals surface area contributed by atoms with Crippen LogP contribution in [0.2, 0.25) is 0 Å². The Bertz CT molecular complexity index is 580. The van der Waals surface area contributed by atoms with Crippen LogP contribution in [0.1, 0.15) is 20.3 Å². The molecule has 0 unspecified atom stereocenters. The molecular weight excluding hydrogens is 258 g/mol. The number of nitrogens with zero attached hydrogens (tertiary/aromatic N) is 3. The molecule has 0 saturated heterocycles. The predicted molar refractivity (Wildman–Crippen MR) is 77.6 cm³/mol. The second kappa shape index (κ2) is 6.69. The molecule has 8 nitrogen and oxygen atoms in total. The maximum absolute atomic E-state index is 10.8. The molecule has 0 bridgehead atoms. The van der Waals surface area contributed by atoms with Gasteiger partial charge >= 0.3 is 0 Å². The Kier molecular flexibility index (Phi) is 4.70. The average molecular weight is 277 g/mol. The van der Waals surface area contributed by atoms with Gasteiger partial charge in [0.1, 0.15) is 5.82 Å². The van der Waals surface area contributed by atoms with Crippen molar-refractivity contribution in [1.82, 2.24) is 25.5 Å². The first-order valence-electron chi connectivity index (χ1n) is 6.64. The highest BCUT2D eigenvalue weighted by Crippen LogP contribution is 2.19. The molecule has 0 aliphatic carbocycles. The van der Waals surface area contributed by atoms with Crippen LogP contribution in [0.5, 0.6) is 0 Å². The first-order valence-corrected chi connectivity index (χ1v) is 6.64. The van der Waals surface area contributed by atoms with Crippen molar-refractivity contribution in [2.75, 3.05) is 30.3 Å². The van der Waals surface area contributed by atoms with Crippen LogP contribution in [0, 0.1) is 0 Å². The number of rotatable bonds is 7. The van der Waals surface area contributed by atoms with E-state index in [2.05, 4.69) is 43.0 Å². The van der Waals surface area contributed by atoms with Gasteiger partial charge in [-0.25, -0.2) is 0 Å². The molecule has 2 rings (SSSR count). The van der Waals surface area contributed by atoms with Gasteiger partial charge in [0, 0.05) is 26.6 Å². The monoisotopic (exact) mass is 277 g/mol. The summed E-state index contributed by atoms with van der Waals surface area (Å²) >= 11 is 0. The van der Waals surface area contributed by atoms with Crippen molar-refractivity contribution in [3.63, 3.8) is 0 Å². The van der Waals surface area contributed by atoms with Crippen LogP contribution in [0.15, 0.2) is 6.20 Å². The van der Waals surface area contributed by atoms with E-state index in [-0.39, 0.29) is 5.91 Å². The lowest BCUT2D eigenvalue weighted by molar-refractivity contribution is -0.118. The van der Waals surface area contributed by atoms with E-state index >= 15 is 0 Å². The molecule has 2 heterocycles. The summed E-state index contributed by atoms with van der Waals surface area (Å²) in [7, 11) is 0.